The van der Waals surface area contributed by atoms with Crippen molar-refractivity contribution in [2.75, 3.05) is 19.7 Å². The number of nitro groups is 1. The number of benzene rings is 1. The first-order valence-corrected chi connectivity index (χ1v) is 7.07. The van der Waals surface area contributed by atoms with Crippen molar-refractivity contribution in [2.45, 2.75) is 25.4 Å². The van der Waals surface area contributed by atoms with E-state index in [-0.39, 0.29) is 12.4 Å². The van der Waals surface area contributed by atoms with Crippen molar-refractivity contribution < 1.29 is 22.8 Å². The molecule has 122 valence electrons. The lowest BCUT2D eigenvalue weighted by Crippen LogP contribution is -2.30. The summed E-state index contributed by atoms with van der Waals surface area (Å²) in [6.07, 6.45) is -1.77. The molecule has 0 unspecified atom stereocenters. The van der Waals surface area contributed by atoms with E-state index in [1.165, 1.54) is 0 Å². The van der Waals surface area contributed by atoms with Gasteiger partial charge in [-0.1, -0.05) is 0 Å². The third-order valence-corrected chi connectivity index (χ3v) is 3.67. The molecule has 0 amide bonds. The minimum absolute atomic E-state index is 0.123. The van der Waals surface area contributed by atoms with Crippen molar-refractivity contribution >= 4 is 5.69 Å². The lowest BCUT2D eigenvalue weighted by atomic mass is 9.97. The van der Waals surface area contributed by atoms with Crippen LogP contribution in [0.2, 0.25) is 0 Å². The van der Waals surface area contributed by atoms with Crippen molar-refractivity contribution in [3.8, 4) is 5.75 Å². The molecule has 1 aromatic rings. The maximum absolute atomic E-state index is 12.6. The molecule has 0 saturated carbocycles. The molecule has 1 aliphatic heterocycles. The Morgan fingerprint density at radius 1 is 1.41 bits per heavy atom. The number of halogens is 3. The zero-order valence-electron chi connectivity index (χ0n) is 11.9. The summed E-state index contributed by atoms with van der Waals surface area (Å²) >= 11 is 0. The maximum atomic E-state index is 12.6. The summed E-state index contributed by atoms with van der Waals surface area (Å²) in [4.78, 5) is 10.1. The van der Waals surface area contributed by atoms with E-state index < -0.39 is 22.4 Å². The van der Waals surface area contributed by atoms with Crippen LogP contribution >= 0.6 is 0 Å². The van der Waals surface area contributed by atoms with Crippen LogP contribution in [0.3, 0.4) is 0 Å². The lowest BCUT2D eigenvalue weighted by molar-refractivity contribution is -0.386. The number of nitrogens with zero attached hydrogens (tertiary/aromatic N) is 1. The smallest absolute Gasteiger partial charge is 0.416 e. The van der Waals surface area contributed by atoms with Crippen LogP contribution in [0.15, 0.2) is 18.2 Å². The number of alkyl halides is 3. The fourth-order valence-corrected chi connectivity index (χ4v) is 2.46. The zero-order valence-corrected chi connectivity index (χ0v) is 11.9. The van der Waals surface area contributed by atoms with Gasteiger partial charge in [0.25, 0.3) is 0 Å². The fourth-order valence-electron chi connectivity index (χ4n) is 2.46. The standard InChI is InChI=1S/C14H17F3N2O3/c15-14(16,17)11-3-4-13(12(8-11)19(20)21)22-7-5-10-2-1-6-18-9-10/h3-4,8,10,18H,1-2,5-7,9H2/t10-/m0/s1. The SMILES string of the molecule is O=[N+]([O-])c1cc(C(F)(F)F)ccc1OCC[C@@H]1CCCNC1. The first kappa shape index (κ1) is 16.5. The Morgan fingerprint density at radius 2 is 2.18 bits per heavy atom. The molecule has 0 bridgehead atoms. The van der Waals surface area contributed by atoms with E-state index in [0.29, 0.717) is 18.4 Å². The van der Waals surface area contributed by atoms with Gasteiger partial charge in [-0.3, -0.25) is 10.1 Å². The van der Waals surface area contributed by atoms with Gasteiger partial charge in [-0.2, -0.15) is 13.2 Å². The van der Waals surface area contributed by atoms with Crippen molar-refractivity contribution in [3.05, 3.63) is 33.9 Å². The summed E-state index contributed by atoms with van der Waals surface area (Å²) in [7, 11) is 0. The number of hydrogen-bond acceptors (Lipinski definition) is 4. The highest BCUT2D eigenvalue weighted by molar-refractivity contribution is 5.49. The Hall–Kier alpha value is -1.83. The Balaban J connectivity index is 2.01. The minimum atomic E-state index is -4.61. The second kappa shape index (κ2) is 6.95. The second-order valence-corrected chi connectivity index (χ2v) is 5.29. The molecule has 2 rings (SSSR count). The van der Waals surface area contributed by atoms with Gasteiger partial charge >= 0.3 is 11.9 Å². The molecule has 1 atom stereocenters. The lowest BCUT2D eigenvalue weighted by Gasteiger charge is -2.22. The normalized spacial score (nSPS) is 19.0. The number of hydrogen-bond donors (Lipinski definition) is 1. The fraction of sp³-hybridized carbons (Fsp3) is 0.571. The molecule has 0 radical (unpaired) electrons. The van der Waals surface area contributed by atoms with Crippen LogP contribution in [0.25, 0.3) is 0 Å². The highest BCUT2D eigenvalue weighted by Gasteiger charge is 2.33. The molecule has 1 heterocycles. The summed E-state index contributed by atoms with van der Waals surface area (Å²) < 4.78 is 43.1. The number of ether oxygens (including phenoxy) is 1. The monoisotopic (exact) mass is 318 g/mol. The summed E-state index contributed by atoms with van der Waals surface area (Å²) in [5.41, 5.74) is -1.71. The van der Waals surface area contributed by atoms with E-state index in [4.69, 9.17) is 4.74 Å². The van der Waals surface area contributed by atoms with Crippen LogP contribution in [0.5, 0.6) is 5.75 Å². The molecule has 0 aromatic heterocycles. The molecule has 1 N–H and O–H groups in total. The Bertz CT molecular complexity index is 529. The number of nitro benzene ring substituents is 1. The molecule has 1 fully saturated rings. The largest absolute Gasteiger partial charge is 0.487 e. The van der Waals surface area contributed by atoms with Gasteiger partial charge in [-0.25, -0.2) is 0 Å². The van der Waals surface area contributed by atoms with Gasteiger partial charge < -0.3 is 10.1 Å². The molecule has 1 aromatic carbocycles. The molecular formula is C14H17F3N2O3. The Labute approximate surface area is 125 Å². The molecule has 8 heteroatoms. The molecule has 1 saturated heterocycles. The molecule has 0 spiro atoms. The third kappa shape index (κ3) is 4.33. The van der Waals surface area contributed by atoms with Crippen LogP contribution in [0.4, 0.5) is 18.9 Å². The summed E-state index contributed by atoms with van der Waals surface area (Å²) in [5.74, 6) is 0.309. The van der Waals surface area contributed by atoms with Crippen molar-refractivity contribution in [2.24, 2.45) is 5.92 Å². The summed E-state index contributed by atoms with van der Waals surface area (Å²) in [6.45, 7) is 2.11. The first-order valence-electron chi connectivity index (χ1n) is 7.07. The number of rotatable bonds is 5. The van der Waals surface area contributed by atoms with E-state index in [2.05, 4.69) is 5.32 Å². The van der Waals surface area contributed by atoms with Crippen molar-refractivity contribution in [1.29, 1.82) is 0 Å². The van der Waals surface area contributed by atoms with Gasteiger partial charge in [0, 0.05) is 6.07 Å². The highest BCUT2D eigenvalue weighted by atomic mass is 19.4. The first-order chi connectivity index (χ1) is 10.4. The summed E-state index contributed by atoms with van der Waals surface area (Å²) in [6, 6.07) is 2.32. The van der Waals surface area contributed by atoms with Gasteiger partial charge in [0.05, 0.1) is 17.1 Å². The van der Waals surface area contributed by atoms with Crippen molar-refractivity contribution in [1.82, 2.24) is 5.32 Å². The Morgan fingerprint density at radius 3 is 2.77 bits per heavy atom. The van der Waals surface area contributed by atoms with Crippen LogP contribution in [-0.2, 0) is 6.18 Å². The average Bonchev–Trinajstić information content (AvgIpc) is 2.47. The van der Waals surface area contributed by atoms with E-state index >= 15 is 0 Å². The van der Waals surface area contributed by atoms with E-state index in [1.807, 2.05) is 0 Å². The van der Waals surface area contributed by atoms with E-state index in [9.17, 15) is 23.3 Å². The van der Waals surface area contributed by atoms with E-state index in [1.54, 1.807) is 0 Å². The predicted octanol–water partition coefficient (Wildman–Crippen LogP) is 3.38. The highest BCUT2D eigenvalue weighted by Crippen LogP contribution is 2.36. The van der Waals surface area contributed by atoms with Crippen molar-refractivity contribution in [3.63, 3.8) is 0 Å². The second-order valence-electron chi connectivity index (χ2n) is 5.29. The van der Waals surface area contributed by atoms with Gasteiger partial charge in [0.1, 0.15) is 0 Å². The van der Waals surface area contributed by atoms with Crippen LogP contribution in [0, 0.1) is 16.0 Å². The minimum Gasteiger partial charge on any atom is -0.487 e. The van der Waals surface area contributed by atoms with Gasteiger partial charge in [0.15, 0.2) is 5.75 Å². The zero-order chi connectivity index (χ0) is 16.2. The summed E-state index contributed by atoms with van der Waals surface area (Å²) in [5, 5.41) is 14.2. The third-order valence-electron chi connectivity index (χ3n) is 3.67. The van der Waals surface area contributed by atoms with Gasteiger partial charge in [-0.05, 0) is 50.4 Å². The Kier molecular flexibility index (Phi) is 5.23. The molecule has 5 nitrogen and oxygen atoms in total. The number of nitrogens with one attached hydrogen (secondary N) is 1. The maximum Gasteiger partial charge on any atom is 0.416 e. The molecule has 1 aliphatic rings. The molecule has 0 aliphatic carbocycles. The van der Waals surface area contributed by atoms with Crippen LogP contribution < -0.4 is 10.1 Å². The quantitative estimate of drug-likeness (QED) is 0.668. The average molecular weight is 318 g/mol. The van der Waals surface area contributed by atoms with Crippen LogP contribution in [0.1, 0.15) is 24.8 Å². The number of piperidine rings is 1. The van der Waals surface area contributed by atoms with E-state index in [0.717, 1.165) is 38.1 Å². The molecule has 22 heavy (non-hydrogen) atoms. The predicted molar refractivity (Wildman–Crippen MR) is 73.8 cm³/mol. The van der Waals surface area contributed by atoms with Crippen LogP contribution in [-0.4, -0.2) is 24.6 Å². The molecular weight excluding hydrogens is 301 g/mol. The topological polar surface area (TPSA) is 64.4 Å². The van der Waals surface area contributed by atoms with Gasteiger partial charge in [0.2, 0.25) is 0 Å². The van der Waals surface area contributed by atoms with Gasteiger partial charge in [-0.15, -0.1) is 0 Å².